The van der Waals surface area contributed by atoms with Crippen LogP contribution in [0.4, 0.5) is 4.79 Å². The van der Waals surface area contributed by atoms with Gasteiger partial charge in [-0.25, -0.2) is 9.59 Å². The number of ether oxygens (including phenoxy) is 2. The molecule has 24 heavy (non-hydrogen) atoms. The smallest absolute Gasteiger partial charge is 0.330 e. The fourth-order valence-corrected chi connectivity index (χ4v) is 2.69. The van der Waals surface area contributed by atoms with E-state index in [1.807, 2.05) is 12.1 Å². The molecule has 0 saturated heterocycles. The van der Waals surface area contributed by atoms with Crippen LogP contribution in [0.3, 0.4) is 0 Å². The molecule has 0 unspecified atom stereocenters. The average Bonchev–Trinajstić information content (AvgIpc) is 2.53. The highest BCUT2D eigenvalue weighted by Gasteiger charge is 2.31. The van der Waals surface area contributed by atoms with Crippen LogP contribution in [-0.4, -0.2) is 49.8 Å². The Hall–Kier alpha value is -1.79. The number of methoxy groups -OCH3 is 2. The maximum atomic E-state index is 12.7. The Morgan fingerprint density at radius 1 is 1.29 bits per heavy atom. The van der Waals surface area contributed by atoms with Crippen molar-refractivity contribution in [3.05, 3.63) is 34.9 Å². The van der Waals surface area contributed by atoms with Crippen molar-refractivity contribution in [1.82, 2.24) is 10.2 Å². The minimum atomic E-state index is -0.819. The van der Waals surface area contributed by atoms with Gasteiger partial charge in [0.05, 0.1) is 13.7 Å². The molecule has 2 amide bonds. The standard InChI is InChI=1S/C17H23ClN2O4/c1-23-11-15(16(21)24-2)19-17(22)20(14-4-3-5-14)10-12-6-8-13(18)9-7-12/h6-9,14-15H,3-5,10-11H2,1-2H3,(H,19,22)/t15-/m1/s1. The van der Waals surface area contributed by atoms with E-state index in [1.165, 1.54) is 14.2 Å². The van der Waals surface area contributed by atoms with Gasteiger partial charge in [0, 0.05) is 24.7 Å². The lowest BCUT2D eigenvalue weighted by molar-refractivity contribution is -0.144. The second-order valence-electron chi connectivity index (χ2n) is 5.82. The second-order valence-corrected chi connectivity index (χ2v) is 6.26. The molecule has 2 rings (SSSR count). The first-order valence-corrected chi connectivity index (χ1v) is 8.31. The van der Waals surface area contributed by atoms with Crippen LogP contribution in [0, 0.1) is 0 Å². The maximum absolute atomic E-state index is 12.7. The van der Waals surface area contributed by atoms with E-state index in [9.17, 15) is 9.59 Å². The van der Waals surface area contributed by atoms with Crippen molar-refractivity contribution in [3.63, 3.8) is 0 Å². The first kappa shape index (κ1) is 18.5. The molecule has 1 atom stereocenters. The van der Waals surface area contributed by atoms with Gasteiger partial charge in [0.25, 0.3) is 0 Å². The summed E-state index contributed by atoms with van der Waals surface area (Å²) in [5.74, 6) is -0.523. The highest BCUT2D eigenvalue weighted by molar-refractivity contribution is 6.30. The monoisotopic (exact) mass is 354 g/mol. The third-order valence-electron chi connectivity index (χ3n) is 4.16. The number of benzene rings is 1. The predicted octanol–water partition coefficient (Wildman–Crippen LogP) is 2.59. The molecule has 1 N–H and O–H groups in total. The first-order chi connectivity index (χ1) is 11.5. The molecule has 0 radical (unpaired) electrons. The van der Waals surface area contributed by atoms with Gasteiger partial charge in [-0.05, 0) is 37.0 Å². The third-order valence-corrected chi connectivity index (χ3v) is 4.41. The minimum absolute atomic E-state index is 0.0673. The largest absolute Gasteiger partial charge is 0.467 e. The molecule has 0 bridgehead atoms. The van der Waals surface area contributed by atoms with Crippen molar-refractivity contribution in [2.75, 3.05) is 20.8 Å². The van der Waals surface area contributed by atoms with E-state index in [0.29, 0.717) is 11.6 Å². The summed E-state index contributed by atoms with van der Waals surface area (Å²) < 4.78 is 9.70. The molecule has 1 fully saturated rings. The number of halogens is 1. The van der Waals surface area contributed by atoms with Crippen LogP contribution < -0.4 is 5.32 Å². The molecule has 132 valence electrons. The lowest BCUT2D eigenvalue weighted by Crippen LogP contribution is -2.54. The zero-order valence-electron chi connectivity index (χ0n) is 14.0. The average molecular weight is 355 g/mol. The number of carbonyl (C=O) groups excluding carboxylic acids is 2. The lowest BCUT2D eigenvalue weighted by atomic mass is 9.91. The van der Waals surface area contributed by atoms with E-state index >= 15 is 0 Å². The number of rotatable bonds is 7. The van der Waals surface area contributed by atoms with Gasteiger partial charge in [-0.2, -0.15) is 0 Å². The highest BCUT2D eigenvalue weighted by atomic mass is 35.5. The van der Waals surface area contributed by atoms with Crippen molar-refractivity contribution < 1.29 is 19.1 Å². The predicted molar refractivity (Wildman–Crippen MR) is 90.8 cm³/mol. The number of amides is 2. The summed E-state index contributed by atoms with van der Waals surface area (Å²) in [6, 6.07) is 6.47. The SMILES string of the molecule is COC[C@@H](NC(=O)N(Cc1ccc(Cl)cc1)C1CCC1)C(=O)OC. The van der Waals surface area contributed by atoms with Crippen LogP contribution >= 0.6 is 11.6 Å². The Morgan fingerprint density at radius 3 is 2.46 bits per heavy atom. The van der Waals surface area contributed by atoms with E-state index in [2.05, 4.69) is 5.32 Å². The van der Waals surface area contributed by atoms with Gasteiger partial charge in [0.15, 0.2) is 6.04 Å². The number of nitrogens with zero attached hydrogens (tertiary/aromatic N) is 1. The Bertz CT molecular complexity index is 560. The number of hydrogen-bond acceptors (Lipinski definition) is 4. The molecule has 6 nitrogen and oxygen atoms in total. The third kappa shape index (κ3) is 4.85. The summed E-state index contributed by atoms with van der Waals surface area (Å²) in [4.78, 5) is 26.2. The van der Waals surface area contributed by atoms with E-state index in [4.69, 9.17) is 21.1 Å². The summed E-state index contributed by atoms with van der Waals surface area (Å²) in [7, 11) is 2.76. The normalized spacial score (nSPS) is 15.3. The molecule has 7 heteroatoms. The second kappa shape index (κ2) is 8.89. The van der Waals surface area contributed by atoms with E-state index in [-0.39, 0.29) is 18.7 Å². The fraction of sp³-hybridized carbons (Fsp3) is 0.529. The molecule has 0 aromatic heterocycles. The number of hydrogen-bond donors (Lipinski definition) is 1. The quantitative estimate of drug-likeness (QED) is 0.764. The molecule has 0 heterocycles. The molecule has 1 aliphatic carbocycles. The zero-order chi connectivity index (χ0) is 17.5. The van der Waals surface area contributed by atoms with Crippen LogP contribution in [0.2, 0.25) is 5.02 Å². The first-order valence-electron chi connectivity index (χ1n) is 7.93. The van der Waals surface area contributed by atoms with Gasteiger partial charge in [-0.1, -0.05) is 23.7 Å². The van der Waals surface area contributed by atoms with Gasteiger partial charge >= 0.3 is 12.0 Å². The van der Waals surface area contributed by atoms with E-state index < -0.39 is 12.0 Å². The van der Waals surface area contributed by atoms with Crippen LogP contribution in [0.1, 0.15) is 24.8 Å². The van der Waals surface area contributed by atoms with E-state index in [1.54, 1.807) is 17.0 Å². The molecule has 1 aromatic rings. The summed E-state index contributed by atoms with van der Waals surface area (Å²) in [6.07, 6.45) is 3.04. The van der Waals surface area contributed by atoms with Crippen LogP contribution in [-0.2, 0) is 20.8 Å². The fourth-order valence-electron chi connectivity index (χ4n) is 2.56. The lowest BCUT2D eigenvalue weighted by Gasteiger charge is -2.38. The van der Waals surface area contributed by atoms with Crippen LogP contribution in [0.15, 0.2) is 24.3 Å². The number of nitrogens with one attached hydrogen (secondary N) is 1. The molecular formula is C17H23ClN2O4. The zero-order valence-corrected chi connectivity index (χ0v) is 14.7. The van der Waals surface area contributed by atoms with Gasteiger partial charge in [0.2, 0.25) is 0 Å². The van der Waals surface area contributed by atoms with Gasteiger partial charge in [-0.15, -0.1) is 0 Å². The number of carbonyl (C=O) groups is 2. The Morgan fingerprint density at radius 2 is 1.96 bits per heavy atom. The maximum Gasteiger partial charge on any atom is 0.330 e. The van der Waals surface area contributed by atoms with Crippen LogP contribution in [0.25, 0.3) is 0 Å². The topological polar surface area (TPSA) is 67.9 Å². The van der Waals surface area contributed by atoms with Crippen molar-refractivity contribution in [1.29, 1.82) is 0 Å². The van der Waals surface area contributed by atoms with Crippen molar-refractivity contribution >= 4 is 23.6 Å². The summed E-state index contributed by atoms with van der Waals surface area (Å²) in [5.41, 5.74) is 0.989. The number of esters is 1. The Labute approximate surface area is 147 Å². The van der Waals surface area contributed by atoms with Crippen molar-refractivity contribution in [3.8, 4) is 0 Å². The molecular weight excluding hydrogens is 332 g/mol. The minimum Gasteiger partial charge on any atom is -0.467 e. The number of urea groups is 1. The van der Waals surface area contributed by atoms with Gasteiger partial charge in [-0.3, -0.25) is 0 Å². The summed E-state index contributed by atoms with van der Waals surface area (Å²) in [5, 5.41) is 3.37. The Kier molecular flexibility index (Phi) is 6.87. The van der Waals surface area contributed by atoms with Crippen molar-refractivity contribution in [2.24, 2.45) is 0 Å². The Balaban J connectivity index is 2.07. The van der Waals surface area contributed by atoms with Gasteiger partial charge in [0.1, 0.15) is 0 Å². The molecule has 1 aromatic carbocycles. The van der Waals surface area contributed by atoms with Gasteiger partial charge < -0.3 is 19.7 Å². The van der Waals surface area contributed by atoms with E-state index in [0.717, 1.165) is 24.8 Å². The molecule has 1 aliphatic rings. The molecule has 0 spiro atoms. The molecule has 0 aliphatic heterocycles. The highest BCUT2D eigenvalue weighted by Crippen LogP contribution is 2.26. The van der Waals surface area contributed by atoms with Crippen LogP contribution in [0.5, 0.6) is 0 Å². The summed E-state index contributed by atoms with van der Waals surface area (Å²) >= 11 is 5.91. The summed E-state index contributed by atoms with van der Waals surface area (Å²) in [6.45, 7) is 0.534. The van der Waals surface area contributed by atoms with Crippen molar-refractivity contribution in [2.45, 2.75) is 37.9 Å². The molecule has 1 saturated carbocycles.